The van der Waals surface area contributed by atoms with Crippen LogP contribution in [0.3, 0.4) is 0 Å². The van der Waals surface area contributed by atoms with Gasteiger partial charge in [0.25, 0.3) is 0 Å². The second-order valence-corrected chi connectivity index (χ2v) is 5.14. The van der Waals surface area contributed by atoms with Crippen molar-refractivity contribution in [1.29, 1.82) is 0 Å². The first-order valence-electron chi connectivity index (χ1n) is 6.68. The molecule has 21 heavy (non-hydrogen) atoms. The zero-order chi connectivity index (χ0) is 15.0. The maximum Gasteiger partial charge on any atom is 0.307 e. The lowest BCUT2D eigenvalue weighted by molar-refractivity contribution is -0.136. The molecule has 2 aromatic carbocycles. The second-order valence-electron chi connectivity index (χ2n) is 5.14. The third kappa shape index (κ3) is 2.29. The molecule has 0 unspecified atom stereocenters. The molecule has 0 aliphatic carbocycles. The molecule has 0 saturated carbocycles. The van der Waals surface area contributed by atoms with Crippen LogP contribution in [-0.2, 0) is 17.6 Å². The fourth-order valence-corrected chi connectivity index (χ4v) is 2.69. The van der Waals surface area contributed by atoms with Gasteiger partial charge < -0.3 is 9.84 Å². The van der Waals surface area contributed by atoms with Gasteiger partial charge >= 0.3 is 5.97 Å². The molecule has 0 atom stereocenters. The lowest BCUT2D eigenvalue weighted by atomic mass is 9.94. The summed E-state index contributed by atoms with van der Waals surface area (Å²) in [5.74, 6) is 0.389. The average Bonchev–Trinajstić information content (AvgIpc) is 2.46. The topological polar surface area (TPSA) is 63.6 Å². The Hall–Kier alpha value is -2.62. The number of carbonyl (C=O) groups excluding carboxylic acids is 1. The van der Waals surface area contributed by atoms with Crippen LogP contribution in [0.15, 0.2) is 30.3 Å². The smallest absolute Gasteiger partial charge is 0.307 e. The van der Waals surface area contributed by atoms with Crippen molar-refractivity contribution in [2.45, 2.75) is 19.8 Å². The maximum absolute atomic E-state index is 11.0. The Labute approximate surface area is 122 Å². The lowest BCUT2D eigenvalue weighted by Crippen LogP contribution is -2.10. The van der Waals surface area contributed by atoms with Gasteiger partial charge in [-0.3, -0.25) is 9.59 Å². The van der Waals surface area contributed by atoms with E-state index in [2.05, 4.69) is 0 Å². The van der Waals surface area contributed by atoms with Crippen LogP contribution in [0.25, 0.3) is 0 Å². The third-order valence-corrected chi connectivity index (χ3v) is 3.76. The van der Waals surface area contributed by atoms with E-state index in [0.717, 1.165) is 23.0 Å². The minimum absolute atomic E-state index is 0.0784. The molecule has 1 aliphatic heterocycles. The minimum Gasteiger partial charge on any atom is -0.481 e. The van der Waals surface area contributed by atoms with Crippen molar-refractivity contribution in [3.05, 3.63) is 58.1 Å². The van der Waals surface area contributed by atoms with E-state index in [1.54, 1.807) is 12.1 Å². The van der Waals surface area contributed by atoms with Crippen molar-refractivity contribution < 1.29 is 19.4 Å². The molecule has 0 fully saturated rings. The number of aliphatic carboxylic acids is 1. The fourth-order valence-electron chi connectivity index (χ4n) is 2.69. The van der Waals surface area contributed by atoms with Crippen molar-refractivity contribution in [2.24, 2.45) is 0 Å². The van der Waals surface area contributed by atoms with E-state index < -0.39 is 5.97 Å². The molecular weight excluding hydrogens is 268 g/mol. The normalized spacial score (nSPS) is 12.0. The summed E-state index contributed by atoms with van der Waals surface area (Å²) in [5.41, 5.74) is 4.02. The quantitative estimate of drug-likeness (QED) is 0.750. The lowest BCUT2D eigenvalue weighted by Gasteiger charge is -2.24. The number of fused-ring (bicyclic) bond motifs is 2. The van der Waals surface area contributed by atoms with Crippen LogP contribution in [0, 0.1) is 6.92 Å². The number of para-hydroxylation sites is 1. The van der Waals surface area contributed by atoms with Gasteiger partial charge in [0, 0.05) is 23.1 Å². The molecule has 1 aliphatic rings. The molecule has 106 valence electrons. The first-order valence-corrected chi connectivity index (χ1v) is 6.68. The van der Waals surface area contributed by atoms with E-state index in [0.29, 0.717) is 29.0 Å². The number of ether oxygens (including phenoxy) is 1. The third-order valence-electron chi connectivity index (χ3n) is 3.76. The highest BCUT2D eigenvalue weighted by atomic mass is 16.5. The zero-order valence-electron chi connectivity index (χ0n) is 11.6. The monoisotopic (exact) mass is 282 g/mol. The number of aldehydes is 1. The number of carboxylic acid groups (broad SMARTS) is 1. The number of rotatable bonds is 3. The largest absolute Gasteiger partial charge is 0.481 e. The van der Waals surface area contributed by atoms with E-state index in [-0.39, 0.29) is 6.42 Å². The standard InChI is InChI=1S/C17H14O4/c1-10-14(9-18)6-5-13-7-11-3-2-4-12(8-15(19)20)17(11)21-16(10)13/h2-6,9H,7-8H2,1H3,(H,19,20). The van der Waals surface area contributed by atoms with Crippen molar-refractivity contribution >= 4 is 12.3 Å². The summed E-state index contributed by atoms with van der Waals surface area (Å²) in [5, 5.41) is 9.00. The summed E-state index contributed by atoms with van der Waals surface area (Å²) in [6.45, 7) is 1.84. The summed E-state index contributed by atoms with van der Waals surface area (Å²) in [6, 6.07) is 9.22. The van der Waals surface area contributed by atoms with Gasteiger partial charge in [-0.1, -0.05) is 30.3 Å². The van der Waals surface area contributed by atoms with Gasteiger partial charge in [-0.25, -0.2) is 0 Å². The van der Waals surface area contributed by atoms with E-state index in [4.69, 9.17) is 9.84 Å². The Morgan fingerprint density at radius 1 is 1.24 bits per heavy atom. The predicted octanol–water partition coefficient (Wildman–Crippen LogP) is 3.13. The van der Waals surface area contributed by atoms with Gasteiger partial charge in [-0.05, 0) is 18.1 Å². The Kier molecular flexibility index (Phi) is 3.22. The number of hydrogen-bond acceptors (Lipinski definition) is 3. The molecule has 1 heterocycles. The number of carboxylic acids is 1. The summed E-state index contributed by atoms with van der Waals surface area (Å²) in [4.78, 5) is 22.0. The van der Waals surface area contributed by atoms with Gasteiger partial charge in [-0.2, -0.15) is 0 Å². The molecule has 0 amide bonds. The Bertz CT molecular complexity index is 747. The highest BCUT2D eigenvalue weighted by molar-refractivity contribution is 5.80. The van der Waals surface area contributed by atoms with Crippen molar-refractivity contribution in [3.63, 3.8) is 0 Å². The van der Waals surface area contributed by atoms with Crippen LogP contribution in [-0.4, -0.2) is 17.4 Å². The average molecular weight is 282 g/mol. The molecule has 0 spiro atoms. The van der Waals surface area contributed by atoms with E-state index in [1.807, 2.05) is 25.1 Å². The van der Waals surface area contributed by atoms with Gasteiger partial charge in [0.15, 0.2) is 0 Å². The van der Waals surface area contributed by atoms with E-state index in [1.165, 1.54) is 0 Å². The molecule has 4 heteroatoms. The molecule has 0 radical (unpaired) electrons. The van der Waals surface area contributed by atoms with Crippen molar-refractivity contribution in [1.82, 2.24) is 0 Å². The molecule has 0 aromatic heterocycles. The highest BCUT2D eigenvalue weighted by Crippen LogP contribution is 2.41. The Morgan fingerprint density at radius 2 is 2.00 bits per heavy atom. The summed E-state index contributed by atoms with van der Waals surface area (Å²) < 4.78 is 5.96. The van der Waals surface area contributed by atoms with Crippen LogP contribution in [0.5, 0.6) is 11.5 Å². The van der Waals surface area contributed by atoms with Gasteiger partial charge in [0.05, 0.1) is 6.42 Å². The van der Waals surface area contributed by atoms with Crippen molar-refractivity contribution in [3.8, 4) is 11.5 Å². The maximum atomic E-state index is 11.0. The molecule has 1 N–H and O–H groups in total. The van der Waals surface area contributed by atoms with Crippen LogP contribution in [0.2, 0.25) is 0 Å². The molecule has 0 bridgehead atoms. The number of hydrogen-bond donors (Lipinski definition) is 1. The Morgan fingerprint density at radius 3 is 2.71 bits per heavy atom. The molecular formula is C17H14O4. The van der Waals surface area contributed by atoms with E-state index in [9.17, 15) is 9.59 Å². The van der Waals surface area contributed by atoms with Gasteiger partial charge in [0.1, 0.15) is 17.8 Å². The van der Waals surface area contributed by atoms with Gasteiger partial charge in [0.2, 0.25) is 0 Å². The SMILES string of the molecule is Cc1c(C=O)ccc2c1Oc1c(CC(=O)O)cccc1C2. The molecule has 4 nitrogen and oxygen atoms in total. The molecule has 2 aromatic rings. The van der Waals surface area contributed by atoms with Crippen LogP contribution in [0.1, 0.15) is 32.6 Å². The minimum atomic E-state index is -0.892. The van der Waals surface area contributed by atoms with Crippen LogP contribution >= 0.6 is 0 Å². The van der Waals surface area contributed by atoms with E-state index >= 15 is 0 Å². The predicted molar refractivity (Wildman–Crippen MR) is 77.2 cm³/mol. The van der Waals surface area contributed by atoms with Gasteiger partial charge in [-0.15, -0.1) is 0 Å². The second kappa shape index (κ2) is 5.05. The van der Waals surface area contributed by atoms with Crippen molar-refractivity contribution in [2.75, 3.05) is 0 Å². The number of benzene rings is 2. The fraction of sp³-hybridized carbons (Fsp3) is 0.176. The molecule has 0 saturated heterocycles. The molecule has 3 rings (SSSR count). The van der Waals surface area contributed by atoms with Crippen LogP contribution in [0.4, 0.5) is 0 Å². The zero-order valence-corrected chi connectivity index (χ0v) is 11.6. The first kappa shape index (κ1) is 13.4. The van der Waals surface area contributed by atoms with Crippen LogP contribution < -0.4 is 4.74 Å². The first-order chi connectivity index (χ1) is 10.1. The highest BCUT2D eigenvalue weighted by Gasteiger charge is 2.23. The summed E-state index contributed by atoms with van der Waals surface area (Å²) >= 11 is 0. The Balaban J connectivity index is 2.10. The number of carbonyl (C=O) groups is 2. The summed E-state index contributed by atoms with van der Waals surface area (Å²) in [6.07, 6.45) is 1.40. The summed E-state index contributed by atoms with van der Waals surface area (Å²) in [7, 11) is 0.